The molecule has 14 heavy (non-hydrogen) atoms. The molecule has 1 N–H and O–H groups in total. The zero-order valence-electron chi connectivity index (χ0n) is 8.11. The van der Waals surface area contributed by atoms with Crippen LogP contribution >= 0.6 is 0 Å². The summed E-state index contributed by atoms with van der Waals surface area (Å²) in [5.41, 5.74) is 0.977. The smallest absolute Gasteiger partial charge is 0.161 e. The Bertz CT molecular complexity index is 436. The van der Waals surface area contributed by atoms with Crippen LogP contribution in [0.15, 0.2) is 24.3 Å². The summed E-state index contributed by atoms with van der Waals surface area (Å²) in [6.07, 6.45) is 0. The number of nitrogens with one attached hydrogen (secondary N) is 1. The number of aryl methyl sites for hydroxylation is 1. The second-order valence-electron chi connectivity index (χ2n) is 2.99. The number of methoxy groups -OCH3 is 1. The monoisotopic (exact) mass is 189 g/mol. The van der Waals surface area contributed by atoms with Gasteiger partial charge in [-0.2, -0.15) is 0 Å². The molecule has 2 aromatic rings. The number of hydrogen-bond acceptors (Lipinski definition) is 3. The third-order valence-electron chi connectivity index (χ3n) is 1.94. The Morgan fingerprint density at radius 3 is 2.79 bits per heavy atom. The fourth-order valence-corrected chi connectivity index (χ4v) is 1.25. The first-order valence-corrected chi connectivity index (χ1v) is 4.33. The SMILES string of the molecule is COc1cccc(-c2nnc(C)[nH]2)c1. The molecule has 0 aliphatic heterocycles. The van der Waals surface area contributed by atoms with Gasteiger partial charge in [-0.05, 0) is 19.1 Å². The second kappa shape index (κ2) is 3.49. The topological polar surface area (TPSA) is 50.8 Å². The number of rotatable bonds is 2. The number of aromatic amines is 1. The van der Waals surface area contributed by atoms with Gasteiger partial charge in [-0.1, -0.05) is 12.1 Å². The molecular weight excluding hydrogens is 178 g/mol. The Morgan fingerprint density at radius 1 is 1.29 bits per heavy atom. The second-order valence-corrected chi connectivity index (χ2v) is 2.99. The van der Waals surface area contributed by atoms with Crippen molar-refractivity contribution in [3.63, 3.8) is 0 Å². The van der Waals surface area contributed by atoms with E-state index in [1.54, 1.807) is 7.11 Å². The Kier molecular flexibility index (Phi) is 2.18. The van der Waals surface area contributed by atoms with Gasteiger partial charge in [0, 0.05) is 5.56 Å². The molecule has 2 rings (SSSR count). The quantitative estimate of drug-likeness (QED) is 0.783. The molecule has 72 valence electrons. The van der Waals surface area contributed by atoms with Gasteiger partial charge in [0.15, 0.2) is 5.82 Å². The van der Waals surface area contributed by atoms with E-state index < -0.39 is 0 Å². The van der Waals surface area contributed by atoms with E-state index in [0.29, 0.717) is 0 Å². The summed E-state index contributed by atoms with van der Waals surface area (Å²) in [5, 5.41) is 7.90. The van der Waals surface area contributed by atoms with Crippen molar-refractivity contribution in [2.75, 3.05) is 7.11 Å². The average Bonchev–Trinajstić information content (AvgIpc) is 2.65. The van der Waals surface area contributed by atoms with E-state index in [1.165, 1.54) is 0 Å². The summed E-state index contributed by atoms with van der Waals surface area (Å²) in [7, 11) is 1.64. The minimum Gasteiger partial charge on any atom is -0.497 e. The maximum Gasteiger partial charge on any atom is 0.161 e. The number of ether oxygens (including phenoxy) is 1. The number of benzene rings is 1. The lowest BCUT2D eigenvalue weighted by atomic mass is 10.2. The molecule has 1 heterocycles. The van der Waals surface area contributed by atoms with Crippen LogP contribution in [-0.2, 0) is 0 Å². The van der Waals surface area contributed by atoms with Crippen LogP contribution in [0.2, 0.25) is 0 Å². The number of hydrogen-bond donors (Lipinski definition) is 1. The van der Waals surface area contributed by atoms with Crippen molar-refractivity contribution in [1.29, 1.82) is 0 Å². The van der Waals surface area contributed by atoms with Gasteiger partial charge in [-0.3, -0.25) is 0 Å². The van der Waals surface area contributed by atoms with E-state index in [9.17, 15) is 0 Å². The lowest BCUT2D eigenvalue weighted by Gasteiger charge is -2.00. The highest BCUT2D eigenvalue weighted by Gasteiger charge is 2.03. The van der Waals surface area contributed by atoms with E-state index in [1.807, 2.05) is 31.2 Å². The molecule has 0 aliphatic rings. The molecule has 1 aromatic heterocycles. The summed E-state index contributed by atoms with van der Waals surface area (Å²) in [6, 6.07) is 7.70. The Balaban J connectivity index is 2.41. The van der Waals surface area contributed by atoms with Gasteiger partial charge in [-0.25, -0.2) is 0 Å². The van der Waals surface area contributed by atoms with Crippen molar-refractivity contribution in [3.8, 4) is 17.1 Å². The van der Waals surface area contributed by atoms with Gasteiger partial charge >= 0.3 is 0 Å². The average molecular weight is 189 g/mol. The summed E-state index contributed by atoms with van der Waals surface area (Å²) in [6.45, 7) is 1.87. The van der Waals surface area contributed by atoms with Crippen LogP contribution in [-0.4, -0.2) is 22.3 Å². The first kappa shape index (κ1) is 8.74. The maximum atomic E-state index is 5.12. The van der Waals surface area contributed by atoms with Gasteiger partial charge < -0.3 is 9.72 Å². The molecule has 4 nitrogen and oxygen atoms in total. The van der Waals surface area contributed by atoms with Crippen LogP contribution in [0, 0.1) is 6.92 Å². The number of nitrogens with zero attached hydrogens (tertiary/aromatic N) is 2. The highest BCUT2D eigenvalue weighted by Crippen LogP contribution is 2.20. The lowest BCUT2D eigenvalue weighted by Crippen LogP contribution is -1.85. The van der Waals surface area contributed by atoms with Gasteiger partial charge in [0.1, 0.15) is 11.6 Å². The standard InChI is InChI=1S/C10H11N3O/c1-7-11-10(13-12-7)8-4-3-5-9(6-8)14-2/h3-6H,1-2H3,(H,11,12,13). The zero-order valence-corrected chi connectivity index (χ0v) is 8.11. The molecule has 0 saturated heterocycles. The van der Waals surface area contributed by atoms with Crippen LogP contribution in [0.25, 0.3) is 11.4 Å². The predicted octanol–water partition coefficient (Wildman–Crippen LogP) is 1.79. The van der Waals surface area contributed by atoms with Gasteiger partial charge in [0.05, 0.1) is 7.11 Å². The molecule has 0 bridgehead atoms. The van der Waals surface area contributed by atoms with Crippen LogP contribution < -0.4 is 4.74 Å². The molecule has 0 aliphatic carbocycles. The summed E-state index contributed by atoms with van der Waals surface area (Å²) in [5.74, 6) is 2.39. The van der Waals surface area contributed by atoms with Gasteiger partial charge in [0.25, 0.3) is 0 Å². The molecular formula is C10H11N3O. The highest BCUT2D eigenvalue weighted by atomic mass is 16.5. The molecule has 1 aromatic carbocycles. The summed E-state index contributed by atoms with van der Waals surface area (Å²) in [4.78, 5) is 3.07. The predicted molar refractivity (Wildman–Crippen MR) is 53.1 cm³/mol. The van der Waals surface area contributed by atoms with E-state index in [4.69, 9.17) is 4.74 Å². The molecule has 0 amide bonds. The molecule has 0 fully saturated rings. The maximum absolute atomic E-state index is 5.12. The van der Waals surface area contributed by atoms with Crippen LogP contribution in [0.3, 0.4) is 0 Å². The van der Waals surface area contributed by atoms with Crippen molar-refractivity contribution in [1.82, 2.24) is 15.2 Å². The molecule has 0 saturated carbocycles. The van der Waals surface area contributed by atoms with Gasteiger partial charge in [-0.15, -0.1) is 10.2 Å². The van der Waals surface area contributed by atoms with E-state index >= 15 is 0 Å². The van der Waals surface area contributed by atoms with Crippen molar-refractivity contribution >= 4 is 0 Å². The number of aromatic nitrogens is 3. The Labute approximate surface area is 81.9 Å². The van der Waals surface area contributed by atoms with Crippen molar-refractivity contribution in [2.45, 2.75) is 6.92 Å². The minimum absolute atomic E-state index is 0.765. The van der Waals surface area contributed by atoms with Crippen LogP contribution in [0.1, 0.15) is 5.82 Å². The first-order chi connectivity index (χ1) is 6.79. The zero-order chi connectivity index (χ0) is 9.97. The minimum atomic E-state index is 0.765. The number of H-pyrrole nitrogens is 1. The van der Waals surface area contributed by atoms with Crippen LogP contribution in [0.5, 0.6) is 5.75 Å². The van der Waals surface area contributed by atoms with Gasteiger partial charge in [0.2, 0.25) is 0 Å². The third kappa shape index (κ3) is 1.59. The highest BCUT2D eigenvalue weighted by molar-refractivity contribution is 5.56. The normalized spacial score (nSPS) is 10.1. The van der Waals surface area contributed by atoms with Crippen molar-refractivity contribution in [3.05, 3.63) is 30.1 Å². The summed E-state index contributed by atoms with van der Waals surface area (Å²) < 4.78 is 5.12. The van der Waals surface area contributed by atoms with Crippen LogP contribution in [0.4, 0.5) is 0 Å². The summed E-state index contributed by atoms with van der Waals surface area (Å²) >= 11 is 0. The fourth-order valence-electron chi connectivity index (χ4n) is 1.25. The van der Waals surface area contributed by atoms with E-state index in [2.05, 4.69) is 15.2 Å². The molecule has 0 spiro atoms. The van der Waals surface area contributed by atoms with Crippen molar-refractivity contribution in [2.24, 2.45) is 0 Å². The fraction of sp³-hybridized carbons (Fsp3) is 0.200. The largest absolute Gasteiger partial charge is 0.497 e. The molecule has 0 atom stereocenters. The Morgan fingerprint density at radius 2 is 2.14 bits per heavy atom. The Hall–Kier alpha value is -1.84. The lowest BCUT2D eigenvalue weighted by molar-refractivity contribution is 0.415. The molecule has 0 unspecified atom stereocenters. The molecule has 4 heteroatoms. The van der Waals surface area contributed by atoms with E-state index in [0.717, 1.165) is 23.0 Å². The van der Waals surface area contributed by atoms with Crippen molar-refractivity contribution < 1.29 is 4.74 Å². The first-order valence-electron chi connectivity index (χ1n) is 4.33. The third-order valence-corrected chi connectivity index (χ3v) is 1.94. The molecule has 0 radical (unpaired) electrons. The van der Waals surface area contributed by atoms with E-state index in [-0.39, 0.29) is 0 Å².